The number of thiazole rings is 1. The van der Waals surface area contributed by atoms with Crippen LogP contribution in [0, 0.1) is 0 Å². The molecule has 0 radical (unpaired) electrons. The summed E-state index contributed by atoms with van der Waals surface area (Å²) in [4.78, 5) is 20.9. The van der Waals surface area contributed by atoms with Crippen LogP contribution < -0.4 is 10.2 Å². The first kappa shape index (κ1) is 12.9. The van der Waals surface area contributed by atoms with E-state index >= 15 is 0 Å². The zero-order valence-electron chi connectivity index (χ0n) is 11.8. The maximum Gasteiger partial charge on any atom is 0.317 e. The summed E-state index contributed by atoms with van der Waals surface area (Å²) in [6.45, 7) is 3.53. The van der Waals surface area contributed by atoms with Gasteiger partial charge in [-0.05, 0) is 25.0 Å². The van der Waals surface area contributed by atoms with E-state index in [1.54, 1.807) is 11.3 Å². The number of aromatic nitrogens is 1. The Labute approximate surface area is 127 Å². The standard InChI is InChI=1S/C15H18N4OS/c20-14-16-7-9-19(14)11-4-3-8-18(10-11)15-17-12-5-1-2-6-13(12)21-15/h1-2,5-6,11H,3-4,7-10H2,(H,16,20)/t11-/m1/s1. The number of rotatable bonds is 2. The number of urea groups is 1. The number of benzene rings is 1. The smallest absolute Gasteiger partial charge is 0.317 e. The van der Waals surface area contributed by atoms with Crippen LogP contribution in [0.5, 0.6) is 0 Å². The molecule has 0 bridgehead atoms. The molecule has 3 heterocycles. The number of nitrogens with one attached hydrogen (secondary N) is 1. The molecule has 1 aromatic heterocycles. The lowest BCUT2D eigenvalue weighted by Gasteiger charge is -2.36. The fourth-order valence-electron chi connectivity index (χ4n) is 3.21. The molecule has 5 nitrogen and oxygen atoms in total. The predicted octanol–water partition coefficient (Wildman–Crippen LogP) is 2.29. The molecule has 0 spiro atoms. The molecule has 21 heavy (non-hydrogen) atoms. The number of anilines is 1. The Bertz CT molecular complexity index is 637. The van der Waals surface area contributed by atoms with Gasteiger partial charge in [0.1, 0.15) is 0 Å². The number of nitrogens with zero attached hydrogens (tertiary/aromatic N) is 3. The molecule has 2 saturated heterocycles. The third-order valence-electron chi connectivity index (χ3n) is 4.28. The van der Waals surface area contributed by atoms with Crippen LogP contribution >= 0.6 is 11.3 Å². The summed E-state index contributed by atoms with van der Waals surface area (Å²) in [5.41, 5.74) is 1.07. The average molecular weight is 302 g/mol. The van der Waals surface area contributed by atoms with Gasteiger partial charge in [0, 0.05) is 26.2 Å². The Morgan fingerprint density at radius 3 is 3.00 bits per heavy atom. The zero-order chi connectivity index (χ0) is 14.2. The summed E-state index contributed by atoms with van der Waals surface area (Å²) >= 11 is 1.74. The van der Waals surface area contributed by atoms with Gasteiger partial charge in [-0.25, -0.2) is 9.78 Å². The van der Waals surface area contributed by atoms with Gasteiger partial charge in [0.05, 0.1) is 16.3 Å². The van der Waals surface area contributed by atoms with Gasteiger partial charge in [0.25, 0.3) is 0 Å². The number of hydrogen-bond acceptors (Lipinski definition) is 4. The Morgan fingerprint density at radius 2 is 2.19 bits per heavy atom. The number of hydrogen-bond donors (Lipinski definition) is 1. The summed E-state index contributed by atoms with van der Waals surface area (Å²) in [6, 6.07) is 8.66. The number of piperidine rings is 1. The van der Waals surface area contributed by atoms with Crippen LogP contribution in [0.1, 0.15) is 12.8 Å². The predicted molar refractivity (Wildman–Crippen MR) is 85.0 cm³/mol. The van der Waals surface area contributed by atoms with Crippen molar-refractivity contribution in [3.63, 3.8) is 0 Å². The minimum atomic E-state index is 0.0890. The molecule has 2 aromatic rings. The lowest BCUT2D eigenvalue weighted by Crippen LogP contribution is -2.49. The van der Waals surface area contributed by atoms with Crippen LogP contribution in [0.2, 0.25) is 0 Å². The highest BCUT2D eigenvalue weighted by atomic mass is 32.1. The van der Waals surface area contributed by atoms with Crippen LogP contribution in [-0.2, 0) is 0 Å². The number of carbonyl (C=O) groups excluding carboxylic acids is 1. The molecular formula is C15H18N4OS. The van der Waals surface area contributed by atoms with Gasteiger partial charge >= 0.3 is 6.03 Å². The highest BCUT2D eigenvalue weighted by Crippen LogP contribution is 2.31. The van der Waals surface area contributed by atoms with E-state index in [2.05, 4.69) is 28.4 Å². The first-order valence-corrected chi connectivity index (χ1v) is 8.28. The van der Waals surface area contributed by atoms with Crippen molar-refractivity contribution in [3.05, 3.63) is 24.3 Å². The van der Waals surface area contributed by atoms with E-state index in [0.29, 0.717) is 6.04 Å². The van der Waals surface area contributed by atoms with Crippen LogP contribution in [-0.4, -0.2) is 48.1 Å². The molecular weight excluding hydrogens is 284 g/mol. The van der Waals surface area contributed by atoms with Crippen molar-refractivity contribution in [1.82, 2.24) is 15.2 Å². The third kappa shape index (κ3) is 2.33. The fourth-order valence-corrected chi connectivity index (χ4v) is 4.21. The first-order chi connectivity index (χ1) is 10.3. The van der Waals surface area contributed by atoms with Gasteiger partial charge in [0.15, 0.2) is 5.13 Å². The quantitative estimate of drug-likeness (QED) is 0.926. The molecule has 6 heteroatoms. The van der Waals surface area contributed by atoms with Crippen molar-refractivity contribution in [2.24, 2.45) is 0 Å². The Kier molecular flexibility index (Phi) is 3.18. The molecule has 2 fully saturated rings. The number of fused-ring (bicyclic) bond motifs is 1. The zero-order valence-corrected chi connectivity index (χ0v) is 12.6. The molecule has 1 aromatic carbocycles. The molecule has 1 N–H and O–H groups in total. The van der Waals surface area contributed by atoms with E-state index < -0.39 is 0 Å². The highest BCUT2D eigenvalue weighted by Gasteiger charge is 2.32. The number of carbonyl (C=O) groups is 1. The van der Waals surface area contributed by atoms with Gasteiger partial charge in [-0.15, -0.1) is 0 Å². The van der Waals surface area contributed by atoms with Crippen molar-refractivity contribution < 1.29 is 4.79 Å². The van der Waals surface area contributed by atoms with E-state index in [1.807, 2.05) is 11.0 Å². The van der Waals surface area contributed by atoms with E-state index in [9.17, 15) is 4.79 Å². The molecule has 0 unspecified atom stereocenters. The first-order valence-electron chi connectivity index (χ1n) is 7.46. The van der Waals surface area contributed by atoms with Gasteiger partial charge in [-0.3, -0.25) is 0 Å². The maximum absolute atomic E-state index is 11.8. The topological polar surface area (TPSA) is 48.5 Å². The average Bonchev–Trinajstić information content (AvgIpc) is 3.13. The number of amides is 2. The minimum Gasteiger partial charge on any atom is -0.346 e. The van der Waals surface area contributed by atoms with Crippen molar-refractivity contribution in [2.75, 3.05) is 31.1 Å². The Morgan fingerprint density at radius 1 is 1.29 bits per heavy atom. The van der Waals surface area contributed by atoms with Crippen molar-refractivity contribution in [2.45, 2.75) is 18.9 Å². The summed E-state index contributed by atoms with van der Waals surface area (Å²) in [5, 5.41) is 3.98. The molecule has 2 aliphatic heterocycles. The normalized spacial score (nSPS) is 22.9. The van der Waals surface area contributed by atoms with Gasteiger partial charge in [-0.2, -0.15) is 0 Å². The van der Waals surface area contributed by atoms with Crippen LogP contribution in [0.25, 0.3) is 10.2 Å². The lowest BCUT2D eigenvalue weighted by molar-refractivity contribution is 0.189. The molecule has 2 amide bonds. The van der Waals surface area contributed by atoms with E-state index in [0.717, 1.165) is 49.7 Å². The summed E-state index contributed by atoms with van der Waals surface area (Å²) in [7, 11) is 0. The summed E-state index contributed by atoms with van der Waals surface area (Å²) < 4.78 is 1.23. The second-order valence-corrected chi connectivity index (χ2v) is 6.64. The highest BCUT2D eigenvalue weighted by molar-refractivity contribution is 7.22. The van der Waals surface area contributed by atoms with Crippen molar-refractivity contribution in [3.8, 4) is 0 Å². The molecule has 2 aliphatic rings. The molecule has 0 aliphatic carbocycles. The van der Waals surface area contributed by atoms with Crippen molar-refractivity contribution in [1.29, 1.82) is 0 Å². The summed E-state index contributed by atoms with van der Waals surface area (Å²) in [6.07, 6.45) is 2.21. The summed E-state index contributed by atoms with van der Waals surface area (Å²) in [5.74, 6) is 0. The van der Waals surface area contributed by atoms with Gasteiger partial charge in [0.2, 0.25) is 0 Å². The molecule has 4 rings (SSSR count). The second kappa shape index (κ2) is 5.18. The fraction of sp³-hybridized carbons (Fsp3) is 0.467. The van der Waals surface area contributed by atoms with E-state index in [4.69, 9.17) is 4.98 Å². The largest absolute Gasteiger partial charge is 0.346 e. The third-order valence-corrected chi connectivity index (χ3v) is 5.38. The van der Waals surface area contributed by atoms with E-state index in [-0.39, 0.29) is 6.03 Å². The van der Waals surface area contributed by atoms with Crippen LogP contribution in [0.4, 0.5) is 9.93 Å². The Hall–Kier alpha value is -1.82. The molecule has 110 valence electrons. The SMILES string of the molecule is O=C1NCCN1[C@@H]1CCCN(c2nc3ccccc3s2)C1. The van der Waals surface area contributed by atoms with Gasteiger partial charge < -0.3 is 15.1 Å². The van der Waals surface area contributed by atoms with Crippen LogP contribution in [0.3, 0.4) is 0 Å². The molecule has 0 saturated carbocycles. The molecule has 1 atom stereocenters. The van der Waals surface area contributed by atoms with Gasteiger partial charge in [-0.1, -0.05) is 23.5 Å². The lowest BCUT2D eigenvalue weighted by atomic mass is 10.1. The van der Waals surface area contributed by atoms with E-state index in [1.165, 1.54) is 4.70 Å². The monoisotopic (exact) mass is 302 g/mol. The maximum atomic E-state index is 11.8. The van der Waals surface area contributed by atoms with Crippen LogP contribution in [0.15, 0.2) is 24.3 Å². The van der Waals surface area contributed by atoms with Crippen molar-refractivity contribution >= 4 is 32.7 Å². The second-order valence-electron chi connectivity index (χ2n) is 5.63. The number of para-hydroxylation sites is 1. The minimum absolute atomic E-state index is 0.0890. The Balaban J connectivity index is 1.56.